The summed E-state index contributed by atoms with van der Waals surface area (Å²) in [6.45, 7) is 3.98. The third-order valence-electron chi connectivity index (χ3n) is 4.40. The standard InChI is InChI=1S/C13H23N3O2/c1-10-2-4-13(9-14,5-3-10)12(18)16-7-6-15-11(17)8-16/h10H,2-9,14H2,1H3,(H,15,17). The molecule has 102 valence electrons. The normalized spacial score (nSPS) is 33.1. The molecule has 0 spiro atoms. The van der Waals surface area contributed by atoms with Crippen molar-refractivity contribution in [2.75, 3.05) is 26.2 Å². The van der Waals surface area contributed by atoms with E-state index in [4.69, 9.17) is 5.73 Å². The van der Waals surface area contributed by atoms with Gasteiger partial charge in [0.25, 0.3) is 0 Å². The Balaban J connectivity index is 2.07. The molecule has 0 aromatic carbocycles. The lowest BCUT2D eigenvalue weighted by Crippen LogP contribution is -2.56. The van der Waals surface area contributed by atoms with Crippen molar-refractivity contribution in [2.24, 2.45) is 17.1 Å². The van der Waals surface area contributed by atoms with E-state index in [2.05, 4.69) is 12.2 Å². The average Bonchev–Trinajstić information content (AvgIpc) is 2.39. The largest absolute Gasteiger partial charge is 0.353 e. The van der Waals surface area contributed by atoms with Gasteiger partial charge in [-0.15, -0.1) is 0 Å². The second-order valence-corrected chi connectivity index (χ2v) is 5.74. The Hall–Kier alpha value is -1.10. The summed E-state index contributed by atoms with van der Waals surface area (Å²) in [6, 6.07) is 0. The molecule has 1 heterocycles. The van der Waals surface area contributed by atoms with Crippen molar-refractivity contribution in [3.63, 3.8) is 0 Å². The molecule has 2 aliphatic rings. The van der Waals surface area contributed by atoms with Gasteiger partial charge >= 0.3 is 0 Å². The van der Waals surface area contributed by atoms with Gasteiger partial charge in [-0.2, -0.15) is 0 Å². The number of nitrogens with two attached hydrogens (primary N) is 1. The second-order valence-electron chi connectivity index (χ2n) is 5.74. The molecular weight excluding hydrogens is 230 g/mol. The molecule has 1 saturated carbocycles. The summed E-state index contributed by atoms with van der Waals surface area (Å²) in [6.07, 6.45) is 3.84. The zero-order chi connectivity index (χ0) is 13.2. The maximum atomic E-state index is 12.6. The maximum Gasteiger partial charge on any atom is 0.239 e. The van der Waals surface area contributed by atoms with E-state index in [0.29, 0.717) is 25.6 Å². The van der Waals surface area contributed by atoms with Gasteiger partial charge < -0.3 is 16.0 Å². The zero-order valence-corrected chi connectivity index (χ0v) is 11.1. The average molecular weight is 253 g/mol. The molecule has 2 rings (SSSR count). The van der Waals surface area contributed by atoms with E-state index < -0.39 is 5.41 Å². The van der Waals surface area contributed by atoms with Gasteiger partial charge in [-0.1, -0.05) is 6.92 Å². The highest BCUT2D eigenvalue weighted by atomic mass is 16.2. The minimum atomic E-state index is -0.413. The molecule has 0 atom stereocenters. The first kappa shape index (κ1) is 13.3. The van der Waals surface area contributed by atoms with Crippen LogP contribution in [0.2, 0.25) is 0 Å². The number of amides is 2. The molecule has 0 aromatic rings. The molecule has 0 unspecified atom stereocenters. The summed E-state index contributed by atoms with van der Waals surface area (Å²) in [5.41, 5.74) is 5.47. The lowest BCUT2D eigenvalue weighted by atomic mass is 9.70. The van der Waals surface area contributed by atoms with E-state index in [0.717, 1.165) is 25.7 Å². The van der Waals surface area contributed by atoms with E-state index in [1.165, 1.54) is 0 Å². The number of hydrogen-bond acceptors (Lipinski definition) is 3. The molecule has 3 N–H and O–H groups in total. The van der Waals surface area contributed by atoms with Crippen LogP contribution in [0.1, 0.15) is 32.6 Å². The number of nitrogens with zero attached hydrogens (tertiary/aromatic N) is 1. The Morgan fingerprint density at radius 3 is 2.72 bits per heavy atom. The maximum absolute atomic E-state index is 12.6. The van der Waals surface area contributed by atoms with E-state index in [1.54, 1.807) is 4.90 Å². The molecule has 1 aliphatic carbocycles. The van der Waals surface area contributed by atoms with Crippen molar-refractivity contribution in [2.45, 2.75) is 32.6 Å². The van der Waals surface area contributed by atoms with Gasteiger partial charge in [-0.25, -0.2) is 0 Å². The highest BCUT2D eigenvalue weighted by Crippen LogP contribution is 2.39. The van der Waals surface area contributed by atoms with Crippen molar-refractivity contribution in [3.05, 3.63) is 0 Å². The predicted molar refractivity (Wildman–Crippen MR) is 68.7 cm³/mol. The van der Waals surface area contributed by atoms with Crippen molar-refractivity contribution < 1.29 is 9.59 Å². The van der Waals surface area contributed by atoms with Gasteiger partial charge in [0.15, 0.2) is 0 Å². The summed E-state index contributed by atoms with van der Waals surface area (Å²) in [5, 5.41) is 2.74. The highest BCUT2D eigenvalue weighted by molar-refractivity contribution is 5.89. The summed E-state index contributed by atoms with van der Waals surface area (Å²) in [4.78, 5) is 25.7. The number of carbonyl (C=O) groups excluding carboxylic acids is 2. The van der Waals surface area contributed by atoms with Crippen LogP contribution in [0.25, 0.3) is 0 Å². The fraction of sp³-hybridized carbons (Fsp3) is 0.846. The Bertz CT molecular complexity index is 335. The third-order valence-corrected chi connectivity index (χ3v) is 4.40. The molecule has 0 radical (unpaired) electrons. The predicted octanol–water partition coefficient (Wildman–Crippen LogP) is 0.100. The lowest BCUT2D eigenvalue weighted by molar-refractivity contribution is -0.148. The number of carbonyl (C=O) groups is 2. The van der Waals surface area contributed by atoms with E-state index >= 15 is 0 Å². The van der Waals surface area contributed by atoms with Gasteiger partial charge in [0.1, 0.15) is 0 Å². The van der Waals surface area contributed by atoms with Crippen molar-refractivity contribution in [3.8, 4) is 0 Å². The molecule has 5 nitrogen and oxygen atoms in total. The summed E-state index contributed by atoms with van der Waals surface area (Å²) in [7, 11) is 0. The fourth-order valence-corrected chi connectivity index (χ4v) is 2.97. The molecule has 0 bridgehead atoms. The van der Waals surface area contributed by atoms with E-state index in [-0.39, 0.29) is 18.4 Å². The minimum absolute atomic E-state index is 0.0639. The van der Waals surface area contributed by atoms with Gasteiger partial charge in [-0.3, -0.25) is 9.59 Å². The molecule has 2 amide bonds. The van der Waals surface area contributed by atoms with Gasteiger partial charge in [0.05, 0.1) is 12.0 Å². The number of rotatable bonds is 2. The quantitative estimate of drug-likeness (QED) is 0.733. The van der Waals surface area contributed by atoms with Crippen LogP contribution in [0.3, 0.4) is 0 Å². The van der Waals surface area contributed by atoms with Gasteiger partial charge in [0.2, 0.25) is 11.8 Å². The van der Waals surface area contributed by atoms with E-state index in [9.17, 15) is 9.59 Å². The van der Waals surface area contributed by atoms with Crippen LogP contribution in [-0.4, -0.2) is 42.9 Å². The summed E-state index contributed by atoms with van der Waals surface area (Å²) in [5.74, 6) is 0.708. The Morgan fingerprint density at radius 1 is 1.50 bits per heavy atom. The fourth-order valence-electron chi connectivity index (χ4n) is 2.97. The molecule has 2 fully saturated rings. The van der Waals surface area contributed by atoms with Crippen LogP contribution in [0.15, 0.2) is 0 Å². The Labute approximate surface area is 108 Å². The van der Waals surface area contributed by atoms with Gasteiger partial charge in [-0.05, 0) is 31.6 Å². The smallest absolute Gasteiger partial charge is 0.239 e. The van der Waals surface area contributed by atoms with Crippen molar-refractivity contribution in [1.29, 1.82) is 0 Å². The molecule has 1 saturated heterocycles. The topological polar surface area (TPSA) is 75.4 Å². The monoisotopic (exact) mass is 253 g/mol. The number of piperazine rings is 1. The number of nitrogens with one attached hydrogen (secondary N) is 1. The lowest BCUT2D eigenvalue weighted by Gasteiger charge is -2.41. The first-order valence-electron chi connectivity index (χ1n) is 6.83. The van der Waals surface area contributed by atoms with E-state index in [1.807, 2.05) is 0 Å². The van der Waals surface area contributed by atoms with Crippen LogP contribution < -0.4 is 11.1 Å². The van der Waals surface area contributed by atoms with Crippen molar-refractivity contribution in [1.82, 2.24) is 10.2 Å². The van der Waals surface area contributed by atoms with Gasteiger partial charge in [0, 0.05) is 19.6 Å². The third kappa shape index (κ3) is 2.51. The molecule has 1 aliphatic heterocycles. The van der Waals surface area contributed by atoms with Crippen molar-refractivity contribution >= 4 is 11.8 Å². The molecule has 5 heteroatoms. The van der Waals surface area contributed by atoms with Crippen LogP contribution in [0.5, 0.6) is 0 Å². The molecule has 18 heavy (non-hydrogen) atoms. The summed E-state index contributed by atoms with van der Waals surface area (Å²) >= 11 is 0. The highest BCUT2D eigenvalue weighted by Gasteiger charge is 2.42. The first-order chi connectivity index (χ1) is 8.57. The number of hydrogen-bond donors (Lipinski definition) is 2. The SMILES string of the molecule is CC1CCC(CN)(C(=O)N2CCNC(=O)C2)CC1. The van der Waals surface area contributed by atoms with Crippen LogP contribution >= 0.6 is 0 Å². The minimum Gasteiger partial charge on any atom is -0.353 e. The van der Waals surface area contributed by atoms with Crippen LogP contribution in [0, 0.1) is 11.3 Å². The molecular formula is C13H23N3O2. The Kier molecular flexibility index (Phi) is 3.90. The Morgan fingerprint density at radius 2 is 2.17 bits per heavy atom. The van der Waals surface area contributed by atoms with Crippen LogP contribution in [0.4, 0.5) is 0 Å². The zero-order valence-electron chi connectivity index (χ0n) is 11.1. The molecule has 0 aromatic heterocycles. The summed E-state index contributed by atoms with van der Waals surface area (Å²) < 4.78 is 0. The first-order valence-corrected chi connectivity index (χ1v) is 6.83. The second kappa shape index (κ2) is 5.26. The van der Waals surface area contributed by atoms with Crippen LogP contribution in [-0.2, 0) is 9.59 Å².